The highest BCUT2D eigenvalue weighted by Crippen LogP contribution is 2.21. The fraction of sp³-hybridized carbons (Fsp3) is 0.188. The summed E-state index contributed by atoms with van der Waals surface area (Å²) in [6.45, 7) is 0.169. The van der Waals surface area contributed by atoms with Crippen molar-refractivity contribution >= 4 is 27.5 Å². The summed E-state index contributed by atoms with van der Waals surface area (Å²) in [5, 5.41) is 0.334. The Morgan fingerprint density at radius 1 is 1.09 bits per heavy atom. The van der Waals surface area contributed by atoms with E-state index in [-0.39, 0.29) is 24.4 Å². The molecule has 7 heteroatoms. The molecule has 0 heterocycles. The van der Waals surface area contributed by atoms with Crippen molar-refractivity contribution in [3.05, 3.63) is 65.2 Å². The van der Waals surface area contributed by atoms with Gasteiger partial charge in [-0.15, -0.1) is 0 Å². The van der Waals surface area contributed by atoms with Crippen molar-refractivity contribution in [3.8, 4) is 0 Å². The van der Waals surface area contributed by atoms with Gasteiger partial charge in [0.15, 0.2) is 0 Å². The molecule has 122 valence electrons. The van der Waals surface area contributed by atoms with Gasteiger partial charge in [0.25, 0.3) is 0 Å². The lowest BCUT2D eigenvalue weighted by molar-refractivity contribution is -0.118. The molecule has 2 aromatic rings. The van der Waals surface area contributed by atoms with E-state index in [0.29, 0.717) is 5.02 Å². The minimum Gasteiger partial charge on any atom is -0.370 e. The molecule has 2 N–H and O–H groups in total. The molecule has 2 aromatic carbocycles. The van der Waals surface area contributed by atoms with Crippen LogP contribution in [0.4, 0.5) is 0 Å². The average Bonchev–Trinajstić information content (AvgIpc) is 2.52. The summed E-state index contributed by atoms with van der Waals surface area (Å²) < 4.78 is 26.9. The van der Waals surface area contributed by atoms with Gasteiger partial charge in [-0.3, -0.25) is 4.79 Å². The van der Waals surface area contributed by atoms with Crippen molar-refractivity contribution in [1.29, 1.82) is 0 Å². The van der Waals surface area contributed by atoms with Crippen LogP contribution in [0.1, 0.15) is 12.0 Å². The maximum Gasteiger partial charge on any atom is 0.243 e. The summed E-state index contributed by atoms with van der Waals surface area (Å²) in [7, 11) is -3.78. The number of hydrogen-bond donors (Lipinski definition) is 1. The lowest BCUT2D eigenvalue weighted by atomic mass is 10.2. The summed E-state index contributed by atoms with van der Waals surface area (Å²) in [6, 6.07) is 15.2. The molecule has 0 fully saturated rings. The Hall–Kier alpha value is -1.89. The number of rotatable bonds is 7. The van der Waals surface area contributed by atoms with Gasteiger partial charge in [-0.25, -0.2) is 8.42 Å². The monoisotopic (exact) mass is 352 g/mol. The van der Waals surface area contributed by atoms with E-state index in [1.54, 1.807) is 12.1 Å². The zero-order chi connectivity index (χ0) is 16.9. The van der Waals surface area contributed by atoms with Gasteiger partial charge in [0, 0.05) is 24.5 Å². The van der Waals surface area contributed by atoms with Crippen LogP contribution in [0, 0.1) is 0 Å². The molecule has 0 aliphatic heterocycles. The number of primary amides is 1. The van der Waals surface area contributed by atoms with Crippen LogP contribution >= 0.6 is 11.6 Å². The molecule has 0 bridgehead atoms. The van der Waals surface area contributed by atoms with Crippen LogP contribution in [0.2, 0.25) is 5.02 Å². The highest BCUT2D eigenvalue weighted by Gasteiger charge is 2.25. The Labute approximate surface area is 140 Å². The van der Waals surface area contributed by atoms with Crippen molar-refractivity contribution in [3.63, 3.8) is 0 Å². The molecule has 2 rings (SSSR count). The highest BCUT2D eigenvalue weighted by atomic mass is 35.5. The minimum atomic E-state index is -3.78. The molecule has 0 atom stereocenters. The second-order valence-electron chi connectivity index (χ2n) is 5.00. The molecule has 5 nitrogen and oxygen atoms in total. The number of amides is 1. The predicted molar refractivity (Wildman–Crippen MR) is 89.3 cm³/mol. The van der Waals surface area contributed by atoms with Crippen molar-refractivity contribution in [2.45, 2.75) is 17.9 Å². The lowest BCUT2D eigenvalue weighted by Crippen LogP contribution is -2.33. The van der Waals surface area contributed by atoms with Gasteiger partial charge in [0.1, 0.15) is 0 Å². The second-order valence-corrected chi connectivity index (χ2v) is 7.37. The summed E-state index contributed by atoms with van der Waals surface area (Å²) >= 11 is 5.89. The Bertz CT molecular complexity index is 779. The van der Waals surface area contributed by atoms with Gasteiger partial charge in [-0.1, -0.05) is 48.0 Å². The molecule has 0 radical (unpaired) electrons. The Morgan fingerprint density at radius 2 is 1.78 bits per heavy atom. The van der Waals surface area contributed by atoms with Gasteiger partial charge >= 0.3 is 0 Å². The van der Waals surface area contributed by atoms with E-state index < -0.39 is 15.9 Å². The van der Waals surface area contributed by atoms with Crippen LogP contribution in [-0.4, -0.2) is 25.2 Å². The second kappa shape index (κ2) is 7.59. The number of carbonyl (C=O) groups is 1. The first-order chi connectivity index (χ1) is 10.9. The summed E-state index contributed by atoms with van der Waals surface area (Å²) in [5.74, 6) is -0.552. The van der Waals surface area contributed by atoms with Crippen molar-refractivity contribution in [2.75, 3.05) is 6.54 Å². The zero-order valence-corrected chi connectivity index (χ0v) is 13.9. The first kappa shape index (κ1) is 17.5. The fourth-order valence-electron chi connectivity index (χ4n) is 2.08. The van der Waals surface area contributed by atoms with Crippen LogP contribution < -0.4 is 5.73 Å². The molecule has 0 spiro atoms. The van der Waals surface area contributed by atoms with Crippen LogP contribution in [-0.2, 0) is 21.4 Å². The van der Waals surface area contributed by atoms with Gasteiger partial charge in [-0.05, 0) is 23.8 Å². The van der Waals surface area contributed by atoms with Gasteiger partial charge in [-0.2, -0.15) is 4.31 Å². The largest absolute Gasteiger partial charge is 0.370 e. The van der Waals surface area contributed by atoms with E-state index in [1.165, 1.54) is 16.4 Å². The minimum absolute atomic E-state index is 0.0130. The zero-order valence-electron chi connectivity index (χ0n) is 12.4. The maximum absolute atomic E-state index is 12.8. The van der Waals surface area contributed by atoms with Crippen molar-refractivity contribution in [1.82, 2.24) is 4.31 Å². The highest BCUT2D eigenvalue weighted by molar-refractivity contribution is 7.89. The molecule has 1 amide bonds. The van der Waals surface area contributed by atoms with E-state index in [9.17, 15) is 13.2 Å². The van der Waals surface area contributed by atoms with Crippen LogP contribution in [0.15, 0.2) is 59.5 Å². The first-order valence-corrected chi connectivity index (χ1v) is 8.79. The Balaban J connectivity index is 2.33. The van der Waals surface area contributed by atoms with Crippen LogP contribution in [0.25, 0.3) is 0 Å². The molecule has 0 aromatic heterocycles. The number of hydrogen-bond acceptors (Lipinski definition) is 3. The van der Waals surface area contributed by atoms with Crippen LogP contribution in [0.3, 0.4) is 0 Å². The van der Waals surface area contributed by atoms with E-state index in [1.807, 2.05) is 30.3 Å². The molecular weight excluding hydrogens is 336 g/mol. The Morgan fingerprint density at radius 3 is 2.39 bits per heavy atom. The number of nitrogens with two attached hydrogens (primary N) is 1. The maximum atomic E-state index is 12.8. The van der Waals surface area contributed by atoms with E-state index in [2.05, 4.69) is 0 Å². The standard InChI is InChI=1S/C16H17ClN2O3S/c17-14-7-4-8-15(11-14)23(21,22)19(10-9-16(18)20)12-13-5-2-1-3-6-13/h1-8,11H,9-10,12H2,(H2,18,20). The third-order valence-corrected chi connectivity index (χ3v) is 5.32. The fourth-order valence-corrected chi connectivity index (χ4v) is 3.81. The van der Waals surface area contributed by atoms with Gasteiger partial charge in [0.05, 0.1) is 4.90 Å². The Kier molecular flexibility index (Phi) is 5.76. The number of benzene rings is 2. The summed E-state index contributed by atoms with van der Waals surface area (Å²) in [5.41, 5.74) is 5.98. The normalized spacial score (nSPS) is 11.6. The number of carbonyl (C=O) groups excluding carboxylic acids is 1. The third-order valence-electron chi connectivity index (χ3n) is 3.24. The number of halogens is 1. The molecule has 23 heavy (non-hydrogen) atoms. The molecule has 0 unspecified atom stereocenters. The van der Waals surface area contributed by atoms with Crippen molar-refractivity contribution in [2.24, 2.45) is 5.73 Å². The predicted octanol–water partition coefficient (Wildman–Crippen LogP) is 2.41. The summed E-state index contributed by atoms with van der Waals surface area (Å²) in [6.07, 6.45) is -0.0490. The number of nitrogens with zero attached hydrogens (tertiary/aromatic N) is 1. The average molecular weight is 353 g/mol. The number of sulfonamides is 1. The molecule has 0 saturated heterocycles. The quantitative estimate of drug-likeness (QED) is 0.830. The van der Waals surface area contributed by atoms with Gasteiger partial charge in [0.2, 0.25) is 15.9 Å². The SMILES string of the molecule is NC(=O)CCN(Cc1ccccc1)S(=O)(=O)c1cccc(Cl)c1. The van der Waals surface area contributed by atoms with Crippen LogP contribution in [0.5, 0.6) is 0 Å². The third kappa shape index (κ3) is 4.79. The molecule has 0 aliphatic rings. The van der Waals surface area contributed by atoms with E-state index in [4.69, 9.17) is 17.3 Å². The molecule has 0 saturated carbocycles. The lowest BCUT2D eigenvalue weighted by Gasteiger charge is -2.22. The smallest absolute Gasteiger partial charge is 0.243 e. The van der Waals surface area contributed by atoms with Crippen molar-refractivity contribution < 1.29 is 13.2 Å². The molecular formula is C16H17ClN2O3S. The van der Waals surface area contributed by atoms with E-state index in [0.717, 1.165) is 5.56 Å². The van der Waals surface area contributed by atoms with E-state index >= 15 is 0 Å². The van der Waals surface area contributed by atoms with Gasteiger partial charge < -0.3 is 5.73 Å². The first-order valence-electron chi connectivity index (χ1n) is 6.97. The summed E-state index contributed by atoms with van der Waals surface area (Å²) in [4.78, 5) is 11.1. The molecule has 0 aliphatic carbocycles. The topological polar surface area (TPSA) is 80.5 Å².